The van der Waals surface area contributed by atoms with Crippen LogP contribution in [0.5, 0.6) is 46.0 Å². The summed E-state index contributed by atoms with van der Waals surface area (Å²) in [7, 11) is 0. The Morgan fingerprint density at radius 1 is 0.178 bits per heavy atom. The lowest BCUT2D eigenvalue weighted by atomic mass is 9.78. The summed E-state index contributed by atoms with van der Waals surface area (Å²) in [5, 5.41) is 15.1. The van der Waals surface area contributed by atoms with Crippen molar-refractivity contribution in [2.45, 2.75) is 296 Å². The van der Waals surface area contributed by atoms with Crippen molar-refractivity contribution >= 4 is 64.6 Å². The van der Waals surface area contributed by atoms with Gasteiger partial charge in [0.15, 0.2) is 0 Å². The third-order valence-corrected chi connectivity index (χ3v) is 29.0. The third-order valence-electron chi connectivity index (χ3n) is 29.0. The molecule has 0 spiro atoms. The highest BCUT2D eigenvalue weighted by molar-refractivity contribution is 6.13. The van der Waals surface area contributed by atoms with E-state index in [-0.39, 0.29) is 0 Å². The molecule has 0 radical (unpaired) electrons. The maximum atomic E-state index is 6.35. The van der Waals surface area contributed by atoms with Crippen LogP contribution < -0.4 is 37.9 Å². The Hall–Kier alpha value is -12.5. The largest absolute Gasteiger partial charge is 0.493 e. The molecule has 4 aliphatic heterocycles. The Balaban J connectivity index is 0.000000157. The molecule has 4 aliphatic carbocycles. The normalized spacial score (nSPS) is 14.2. The Morgan fingerprint density at radius 2 is 0.418 bits per heavy atom. The lowest BCUT2D eigenvalue weighted by Crippen LogP contribution is -2.16. The van der Waals surface area contributed by atoms with Gasteiger partial charge in [0.2, 0.25) is 0 Å². The van der Waals surface area contributed by atoms with Crippen LogP contribution in [0.4, 0.5) is 0 Å². The molecule has 16 aromatic rings. The van der Waals surface area contributed by atoms with Crippen LogP contribution >= 0.6 is 0 Å². The Morgan fingerprint density at radius 3 is 0.753 bits per heavy atom. The summed E-state index contributed by atoms with van der Waals surface area (Å²) in [4.78, 5) is 0. The topological polar surface area (TPSA) is 73.8 Å². The molecule has 146 heavy (non-hydrogen) atoms. The lowest BCUT2D eigenvalue weighted by Gasteiger charge is -2.29. The van der Waals surface area contributed by atoms with Gasteiger partial charge >= 0.3 is 0 Å². The molecule has 0 atom stereocenters. The minimum Gasteiger partial charge on any atom is -0.493 e. The predicted molar refractivity (Wildman–Crippen MR) is 631 cm³/mol. The highest BCUT2D eigenvalue weighted by Gasteiger charge is 2.33. The molecule has 8 heteroatoms. The van der Waals surface area contributed by atoms with Gasteiger partial charge in [-0.15, -0.1) is 0 Å². The highest BCUT2D eigenvalue weighted by atomic mass is 16.5. The van der Waals surface area contributed by atoms with Gasteiger partial charge in [0.05, 0.1) is 52.9 Å². The van der Waals surface area contributed by atoms with Gasteiger partial charge in [-0.2, -0.15) is 0 Å². The fraction of sp³-hybridized carbons (Fsp3) is 0.391. The number of ether oxygens (including phenoxy) is 8. The van der Waals surface area contributed by atoms with Crippen LogP contribution in [0.1, 0.15) is 278 Å². The van der Waals surface area contributed by atoms with E-state index in [9.17, 15) is 0 Å². The van der Waals surface area contributed by atoms with Crippen LogP contribution in [-0.4, -0.2) is 52.9 Å². The van der Waals surface area contributed by atoms with Crippen molar-refractivity contribution in [3.05, 3.63) is 320 Å². The van der Waals surface area contributed by atoms with E-state index >= 15 is 0 Å². The molecule has 8 nitrogen and oxygen atoms in total. The van der Waals surface area contributed by atoms with E-state index in [0.717, 1.165) is 108 Å². The van der Waals surface area contributed by atoms with Crippen molar-refractivity contribution in [2.24, 2.45) is 11.8 Å². The van der Waals surface area contributed by atoms with Crippen LogP contribution in [0.3, 0.4) is 0 Å². The van der Waals surface area contributed by atoms with Crippen molar-refractivity contribution in [3.63, 3.8) is 0 Å². The first-order valence-electron chi connectivity index (χ1n) is 56.4. The van der Waals surface area contributed by atoms with Crippen molar-refractivity contribution < 1.29 is 37.9 Å². The molecule has 0 saturated heterocycles. The molecule has 0 bridgehead atoms. The van der Waals surface area contributed by atoms with E-state index in [1.54, 1.807) is 22.3 Å². The summed E-state index contributed by atoms with van der Waals surface area (Å²) in [5.74, 6) is 8.81. The number of benzene rings is 16. The second kappa shape index (κ2) is 55.3. The minimum absolute atomic E-state index is 0.326. The molecule has 0 aromatic heterocycles. The van der Waals surface area contributed by atoms with Gasteiger partial charge in [0.25, 0.3) is 0 Å². The molecule has 0 N–H and O–H groups in total. The van der Waals surface area contributed by atoms with Crippen LogP contribution in [0.15, 0.2) is 231 Å². The van der Waals surface area contributed by atoms with E-state index < -0.39 is 0 Å². The van der Waals surface area contributed by atoms with Crippen molar-refractivity contribution in [1.82, 2.24) is 0 Å². The summed E-state index contributed by atoms with van der Waals surface area (Å²) in [6.45, 7) is 59.7. The van der Waals surface area contributed by atoms with Crippen LogP contribution in [-0.2, 0) is 51.4 Å². The zero-order valence-corrected chi connectivity index (χ0v) is 93.7. The lowest BCUT2D eigenvalue weighted by molar-refractivity contribution is 0.192. The fourth-order valence-corrected chi connectivity index (χ4v) is 22.2. The van der Waals surface area contributed by atoms with Gasteiger partial charge in [-0.25, -0.2) is 0 Å². The number of aryl methyl sites for hydroxylation is 8. The quantitative estimate of drug-likeness (QED) is 0.161. The molecule has 0 unspecified atom stereocenters. The maximum Gasteiger partial charge on any atom is 0.128 e. The first kappa shape index (κ1) is 112. The average Bonchev–Trinajstić information content (AvgIpc) is 1.18. The van der Waals surface area contributed by atoms with Crippen molar-refractivity contribution in [2.75, 3.05) is 52.9 Å². The van der Waals surface area contributed by atoms with Gasteiger partial charge in [0, 0.05) is 69.2 Å². The second-order valence-electron chi connectivity index (χ2n) is 38.0. The van der Waals surface area contributed by atoms with Crippen molar-refractivity contribution in [3.8, 4) is 102 Å². The van der Waals surface area contributed by atoms with Crippen LogP contribution in [0.25, 0.3) is 120 Å². The third kappa shape index (κ3) is 24.6. The SMILES string of the molecule is CC.CC.CC.CC.CC.CC.CC.CC.CC1COc2ccc3c(c2-c2c(ccc4c2CCCC4)OC1)CCCC3.CC1COc2ccc3ccccc3c2-c2c(ccc3ccccc23)OC1.Cc1cc2c(c3c1CCCC3)-c1c(cc(C)c3c1CCCC3)OCCCO2.Cc1cc2c(c3ccccc13)-c1c(cc(C)c3ccccc13)OCCCO2.Cc1cc2ccccc2c(-c2c(C)c(C)cc3ccccc23)c1C. The Kier molecular flexibility index (Phi) is 42.5. The maximum absolute atomic E-state index is 6.35. The molecule has 8 aliphatic rings. The molecular weight excluding hydrogens is 1790 g/mol. The molecule has 770 valence electrons. The zero-order valence-electron chi connectivity index (χ0n) is 93.7. The monoisotopic (exact) mass is 1960 g/mol. The number of rotatable bonds is 1. The number of fused-ring (bicyclic) bond motifs is 30. The molecule has 0 fully saturated rings. The van der Waals surface area contributed by atoms with Crippen LogP contribution in [0, 0.1) is 67.2 Å². The van der Waals surface area contributed by atoms with E-state index in [4.69, 9.17) is 37.9 Å². The van der Waals surface area contributed by atoms with Crippen LogP contribution in [0.2, 0.25) is 0 Å². The molecule has 0 saturated carbocycles. The first-order valence-corrected chi connectivity index (χ1v) is 56.4. The van der Waals surface area contributed by atoms with Gasteiger partial charge in [0.1, 0.15) is 46.0 Å². The van der Waals surface area contributed by atoms with E-state index in [1.165, 1.54) is 268 Å². The van der Waals surface area contributed by atoms with E-state index in [0.29, 0.717) is 38.3 Å². The smallest absolute Gasteiger partial charge is 0.128 e. The molecule has 24 rings (SSSR count). The fourth-order valence-electron chi connectivity index (χ4n) is 22.2. The van der Waals surface area contributed by atoms with Gasteiger partial charge in [-0.1, -0.05) is 307 Å². The predicted octanol–water partition coefficient (Wildman–Crippen LogP) is 39.0. The van der Waals surface area contributed by atoms with Crippen molar-refractivity contribution in [1.29, 1.82) is 0 Å². The summed E-state index contributed by atoms with van der Waals surface area (Å²) < 4.78 is 50.4. The summed E-state index contributed by atoms with van der Waals surface area (Å²) in [6, 6.07) is 82.8. The average molecular weight is 1960 g/mol. The summed E-state index contributed by atoms with van der Waals surface area (Å²) >= 11 is 0. The highest BCUT2D eigenvalue weighted by Crippen LogP contribution is 2.54. The zero-order chi connectivity index (χ0) is 105. The Labute approximate surface area is 878 Å². The standard InChI is InChI=1S/C25H30O2.C25H22O2.C24H28O2.C24H20O2.C24H22.8C2H6/c2*1-16-14-22-24(20-10-5-3-8-18(16)20)25-21-11-6-4-9-19(21)17(2)15-23(25)27-13-7-12-26-22;2*1-16-14-25-21-12-10-17-6-2-4-8-19(17)23(21)24-20-9-5-3-7-18(20)11-13-22(24)26-15-16;1-15-13-19-9-5-7-11-21(19)23(17(15)3)24-18(4)16(2)14-20-10-6-8-12-22(20)24;8*1-2/h14-15H,3-13H2,1-2H3;3-6,8-11,14-15H,7,12-13H2,1-2H3;10-13,16H,2-9,14-15H2,1H3;2-13,16H,14-15H2,1H3;5-14H,1-4H3;8*1-2H3. The molecule has 4 heterocycles. The molecule has 16 aromatic carbocycles. The number of hydrogen-bond acceptors (Lipinski definition) is 8. The number of hydrogen-bond donors (Lipinski definition) is 0. The first-order chi connectivity index (χ1) is 71.7. The van der Waals surface area contributed by atoms with Gasteiger partial charge in [-0.3, -0.25) is 0 Å². The molecular formula is C138H170O8. The van der Waals surface area contributed by atoms with E-state index in [1.807, 2.05) is 111 Å². The molecule has 0 amide bonds. The summed E-state index contributed by atoms with van der Waals surface area (Å²) in [5.41, 5.74) is 35.8. The Bertz CT molecular complexity index is 6630. The van der Waals surface area contributed by atoms with Gasteiger partial charge < -0.3 is 37.9 Å². The second-order valence-corrected chi connectivity index (χ2v) is 38.0. The van der Waals surface area contributed by atoms with E-state index in [2.05, 4.69) is 300 Å². The van der Waals surface area contributed by atoms with Gasteiger partial charge in [-0.05, 0) is 371 Å². The summed E-state index contributed by atoms with van der Waals surface area (Å²) in [6.07, 6.45) is 21.7. The minimum atomic E-state index is 0.326.